The van der Waals surface area contributed by atoms with Gasteiger partial charge in [0, 0.05) is 4.47 Å². The van der Waals surface area contributed by atoms with Crippen LogP contribution >= 0.6 is 15.9 Å². The smallest absolute Gasteiger partial charge is 0.258 e. The Morgan fingerprint density at radius 2 is 1.88 bits per heavy atom. The van der Waals surface area contributed by atoms with Gasteiger partial charge in [0.2, 0.25) is 0 Å². The largest absolute Gasteiger partial charge is 0.491 e. The third-order valence-electron chi connectivity index (χ3n) is 3.49. The quantitative estimate of drug-likeness (QED) is 0.774. The Morgan fingerprint density at radius 3 is 2.58 bits per heavy atom. The van der Waals surface area contributed by atoms with E-state index in [-0.39, 0.29) is 18.6 Å². The fraction of sp³-hybridized carbons (Fsp3) is 0.316. The van der Waals surface area contributed by atoms with Crippen molar-refractivity contribution in [3.8, 4) is 11.5 Å². The topological polar surface area (TPSA) is 47.6 Å². The fourth-order valence-corrected chi connectivity index (χ4v) is 2.39. The molecule has 2 aromatic rings. The van der Waals surface area contributed by atoms with Crippen LogP contribution in [0.2, 0.25) is 0 Å². The summed E-state index contributed by atoms with van der Waals surface area (Å²) in [5, 5.41) is 2.87. The Balaban J connectivity index is 1.75. The van der Waals surface area contributed by atoms with Gasteiger partial charge < -0.3 is 14.8 Å². The first-order chi connectivity index (χ1) is 11.5. The van der Waals surface area contributed by atoms with Gasteiger partial charge in [0.1, 0.15) is 18.1 Å². The van der Waals surface area contributed by atoms with Crippen LogP contribution in [0.15, 0.2) is 46.9 Å². The van der Waals surface area contributed by atoms with Crippen molar-refractivity contribution >= 4 is 21.8 Å². The molecule has 24 heavy (non-hydrogen) atoms. The number of ether oxygens (including phenoxy) is 2. The zero-order valence-corrected chi connectivity index (χ0v) is 15.7. The van der Waals surface area contributed by atoms with Crippen LogP contribution in [-0.4, -0.2) is 25.2 Å². The summed E-state index contributed by atoms with van der Waals surface area (Å²) >= 11 is 3.43. The summed E-state index contributed by atoms with van der Waals surface area (Å²) in [4.78, 5) is 12.0. The summed E-state index contributed by atoms with van der Waals surface area (Å²) in [5.74, 6) is 1.34. The number of para-hydroxylation sites is 1. The lowest BCUT2D eigenvalue weighted by Crippen LogP contribution is -2.39. The molecule has 5 heteroatoms. The van der Waals surface area contributed by atoms with E-state index < -0.39 is 0 Å². The maximum Gasteiger partial charge on any atom is 0.258 e. The maximum atomic E-state index is 12.0. The number of rotatable bonds is 7. The second kappa shape index (κ2) is 8.73. The molecule has 0 aliphatic carbocycles. The molecule has 0 saturated carbocycles. The monoisotopic (exact) mass is 391 g/mol. The van der Waals surface area contributed by atoms with Crippen LogP contribution in [0.4, 0.5) is 0 Å². The number of carbonyl (C=O) groups is 1. The van der Waals surface area contributed by atoms with E-state index in [2.05, 4.69) is 21.2 Å². The normalized spacial score (nSPS) is 11.7. The second-order valence-corrected chi connectivity index (χ2v) is 6.60. The van der Waals surface area contributed by atoms with Crippen LogP contribution in [-0.2, 0) is 4.79 Å². The number of hydrogen-bond donors (Lipinski definition) is 1. The zero-order chi connectivity index (χ0) is 17.5. The van der Waals surface area contributed by atoms with Crippen LogP contribution < -0.4 is 14.8 Å². The van der Waals surface area contributed by atoms with Crippen molar-refractivity contribution < 1.29 is 14.3 Å². The van der Waals surface area contributed by atoms with Gasteiger partial charge >= 0.3 is 0 Å². The molecule has 128 valence electrons. The fourth-order valence-electron chi connectivity index (χ4n) is 2.15. The van der Waals surface area contributed by atoms with Crippen molar-refractivity contribution in [1.82, 2.24) is 5.32 Å². The third kappa shape index (κ3) is 5.57. The molecule has 0 heterocycles. The SMILES string of the molecule is Cc1cc(OCC(=O)N[C@H](C)COc2ccccc2C)ccc1Br. The molecular weight excluding hydrogens is 370 g/mol. The summed E-state index contributed by atoms with van der Waals surface area (Å²) in [6.07, 6.45) is 0. The highest BCUT2D eigenvalue weighted by Gasteiger charge is 2.10. The summed E-state index contributed by atoms with van der Waals surface area (Å²) in [7, 11) is 0. The Labute approximate surface area is 151 Å². The number of nitrogens with one attached hydrogen (secondary N) is 1. The lowest BCUT2D eigenvalue weighted by molar-refractivity contribution is -0.123. The first-order valence-electron chi connectivity index (χ1n) is 7.82. The van der Waals surface area contributed by atoms with Crippen molar-refractivity contribution in [1.29, 1.82) is 0 Å². The van der Waals surface area contributed by atoms with Crippen molar-refractivity contribution in [3.63, 3.8) is 0 Å². The molecule has 1 amide bonds. The summed E-state index contributed by atoms with van der Waals surface area (Å²) in [6.45, 7) is 6.26. The molecule has 1 atom stereocenters. The van der Waals surface area contributed by atoms with Crippen LogP contribution in [0, 0.1) is 13.8 Å². The molecule has 0 saturated heterocycles. The molecule has 0 fully saturated rings. The highest BCUT2D eigenvalue weighted by molar-refractivity contribution is 9.10. The molecule has 4 nitrogen and oxygen atoms in total. The van der Waals surface area contributed by atoms with Gasteiger partial charge in [-0.3, -0.25) is 4.79 Å². The average Bonchev–Trinajstić information content (AvgIpc) is 2.55. The van der Waals surface area contributed by atoms with E-state index in [0.29, 0.717) is 12.4 Å². The first-order valence-corrected chi connectivity index (χ1v) is 8.61. The molecule has 2 rings (SSSR count). The number of hydrogen-bond acceptors (Lipinski definition) is 3. The highest BCUT2D eigenvalue weighted by atomic mass is 79.9. The molecule has 0 radical (unpaired) electrons. The van der Waals surface area contributed by atoms with E-state index in [1.807, 2.05) is 63.2 Å². The lowest BCUT2D eigenvalue weighted by Gasteiger charge is -2.16. The van der Waals surface area contributed by atoms with Crippen molar-refractivity contribution in [2.75, 3.05) is 13.2 Å². The van der Waals surface area contributed by atoms with E-state index in [1.54, 1.807) is 0 Å². The molecule has 1 N–H and O–H groups in total. The van der Waals surface area contributed by atoms with Crippen LogP contribution in [0.1, 0.15) is 18.1 Å². The van der Waals surface area contributed by atoms with Gasteiger partial charge in [-0.2, -0.15) is 0 Å². The maximum absolute atomic E-state index is 12.0. The van der Waals surface area contributed by atoms with Gasteiger partial charge in [-0.05, 0) is 56.2 Å². The molecule has 0 aliphatic heterocycles. The van der Waals surface area contributed by atoms with Gasteiger partial charge in [0.25, 0.3) is 5.91 Å². The minimum Gasteiger partial charge on any atom is -0.491 e. The summed E-state index contributed by atoms with van der Waals surface area (Å²) in [6, 6.07) is 13.3. The number of benzene rings is 2. The minimum absolute atomic E-state index is 0.0181. The number of aryl methyl sites for hydroxylation is 2. The lowest BCUT2D eigenvalue weighted by atomic mass is 10.2. The number of halogens is 1. The molecule has 2 aromatic carbocycles. The zero-order valence-electron chi connectivity index (χ0n) is 14.1. The van der Waals surface area contributed by atoms with Crippen LogP contribution in [0.3, 0.4) is 0 Å². The third-order valence-corrected chi connectivity index (χ3v) is 4.38. The number of carbonyl (C=O) groups excluding carboxylic acids is 1. The van der Waals surface area contributed by atoms with E-state index in [1.165, 1.54) is 0 Å². The predicted molar refractivity (Wildman–Crippen MR) is 98.7 cm³/mol. The highest BCUT2D eigenvalue weighted by Crippen LogP contribution is 2.21. The van der Waals surface area contributed by atoms with E-state index in [4.69, 9.17) is 9.47 Å². The minimum atomic E-state index is -0.170. The molecule has 0 spiro atoms. The van der Waals surface area contributed by atoms with Crippen LogP contribution in [0.5, 0.6) is 11.5 Å². The van der Waals surface area contributed by atoms with Crippen LogP contribution in [0.25, 0.3) is 0 Å². The average molecular weight is 392 g/mol. The van der Waals surface area contributed by atoms with Gasteiger partial charge in [-0.1, -0.05) is 34.1 Å². The van der Waals surface area contributed by atoms with Gasteiger partial charge in [0.15, 0.2) is 6.61 Å². The molecule has 0 bridgehead atoms. The van der Waals surface area contributed by atoms with E-state index in [9.17, 15) is 4.79 Å². The standard InChI is InChI=1S/C19H22BrNO3/c1-13-6-4-5-7-18(13)24-11-15(3)21-19(22)12-23-16-8-9-17(20)14(2)10-16/h4-10,15H,11-12H2,1-3H3,(H,21,22)/t15-/m1/s1. The van der Waals surface area contributed by atoms with Gasteiger partial charge in [0.05, 0.1) is 6.04 Å². The Morgan fingerprint density at radius 1 is 1.12 bits per heavy atom. The second-order valence-electron chi connectivity index (χ2n) is 5.74. The molecule has 0 aliphatic rings. The molecular formula is C19H22BrNO3. The van der Waals surface area contributed by atoms with Crippen molar-refractivity contribution in [3.05, 3.63) is 58.1 Å². The van der Waals surface area contributed by atoms with Gasteiger partial charge in [-0.25, -0.2) is 0 Å². The molecule has 0 aromatic heterocycles. The summed E-state index contributed by atoms with van der Waals surface area (Å²) < 4.78 is 12.3. The van der Waals surface area contributed by atoms with Gasteiger partial charge in [-0.15, -0.1) is 0 Å². The Kier molecular flexibility index (Phi) is 6.67. The Bertz CT molecular complexity index is 703. The van der Waals surface area contributed by atoms with Crippen molar-refractivity contribution in [2.24, 2.45) is 0 Å². The van der Waals surface area contributed by atoms with E-state index >= 15 is 0 Å². The number of amides is 1. The molecule has 0 unspecified atom stereocenters. The van der Waals surface area contributed by atoms with E-state index in [0.717, 1.165) is 21.3 Å². The Hall–Kier alpha value is -2.01. The summed E-state index contributed by atoms with van der Waals surface area (Å²) in [5.41, 5.74) is 2.14. The predicted octanol–water partition coefficient (Wildman–Crippen LogP) is 4.03. The van der Waals surface area contributed by atoms with Crippen molar-refractivity contribution in [2.45, 2.75) is 26.8 Å². The first kappa shape index (κ1) is 18.3.